The number of hydrogen-bond acceptors (Lipinski definition) is 3. The lowest BCUT2D eigenvalue weighted by Crippen LogP contribution is -2.36. The van der Waals surface area contributed by atoms with Crippen LogP contribution in [0.4, 0.5) is 0 Å². The van der Waals surface area contributed by atoms with Crippen LogP contribution >= 0.6 is 0 Å². The van der Waals surface area contributed by atoms with Gasteiger partial charge in [0.2, 0.25) is 5.91 Å². The number of amides is 1. The molecular formula is C6H10N4O. The van der Waals surface area contributed by atoms with Crippen molar-refractivity contribution in [2.24, 2.45) is 5.73 Å². The van der Waals surface area contributed by atoms with Crippen molar-refractivity contribution in [2.75, 3.05) is 5.43 Å². The van der Waals surface area contributed by atoms with Crippen LogP contribution in [0.3, 0.4) is 0 Å². The number of primary amides is 1. The van der Waals surface area contributed by atoms with Crippen molar-refractivity contribution in [1.29, 1.82) is 0 Å². The van der Waals surface area contributed by atoms with Gasteiger partial charge in [-0.3, -0.25) is 9.47 Å². The highest BCUT2D eigenvalue weighted by molar-refractivity contribution is 5.80. The Morgan fingerprint density at radius 2 is 2.55 bits per heavy atom. The molecule has 60 valence electrons. The standard InChI is InChI=1S/C6H10N4O/c1-5(6(7)11)9-10-3-2-8-4-10/h2-5,9H,1H3,(H2,7,11)/t5-/m0/s1. The first-order chi connectivity index (χ1) is 5.20. The summed E-state index contributed by atoms with van der Waals surface area (Å²) >= 11 is 0. The Bertz CT molecular complexity index is 231. The number of imidazole rings is 1. The summed E-state index contributed by atoms with van der Waals surface area (Å²) in [6, 6.07) is -0.385. The SMILES string of the molecule is C[C@H](Nn1ccnc1)C(N)=O. The van der Waals surface area contributed by atoms with Crippen LogP contribution in [0.25, 0.3) is 0 Å². The van der Waals surface area contributed by atoms with Crippen molar-refractivity contribution < 1.29 is 4.79 Å². The van der Waals surface area contributed by atoms with E-state index in [0.29, 0.717) is 0 Å². The van der Waals surface area contributed by atoms with Crippen LogP contribution in [0.2, 0.25) is 0 Å². The summed E-state index contributed by atoms with van der Waals surface area (Å²) in [6.07, 6.45) is 4.86. The van der Waals surface area contributed by atoms with E-state index in [2.05, 4.69) is 10.4 Å². The molecular weight excluding hydrogens is 144 g/mol. The van der Waals surface area contributed by atoms with Crippen molar-refractivity contribution in [3.8, 4) is 0 Å². The Balaban J connectivity index is 2.50. The lowest BCUT2D eigenvalue weighted by atomic mass is 10.3. The Kier molecular flexibility index (Phi) is 2.10. The van der Waals surface area contributed by atoms with E-state index in [4.69, 9.17) is 5.73 Å². The Labute approximate surface area is 64.2 Å². The van der Waals surface area contributed by atoms with Crippen LogP contribution in [0, 0.1) is 0 Å². The maximum atomic E-state index is 10.6. The van der Waals surface area contributed by atoms with Gasteiger partial charge in [0.25, 0.3) is 0 Å². The quantitative estimate of drug-likeness (QED) is 0.604. The second-order valence-electron chi connectivity index (χ2n) is 2.22. The topological polar surface area (TPSA) is 72.9 Å². The summed E-state index contributed by atoms with van der Waals surface area (Å²) in [5, 5.41) is 0. The van der Waals surface area contributed by atoms with Crippen LogP contribution in [0.1, 0.15) is 6.92 Å². The zero-order valence-electron chi connectivity index (χ0n) is 6.19. The number of nitrogens with one attached hydrogen (secondary N) is 1. The lowest BCUT2D eigenvalue weighted by molar-refractivity contribution is -0.118. The fourth-order valence-corrected chi connectivity index (χ4v) is 0.623. The first kappa shape index (κ1) is 7.59. The minimum atomic E-state index is -0.390. The maximum Gasteiger partial charge on any atom is 0.241 e. The number of carbonyl (C=O) groups excluding carboxylic acids is 1. The molecule has 1 aromatic rings. The molecule has 1 amide bonds. The molecule has 0 aliphatic rings. The summed E-state index contributed by atoms with van der Waals surface area (Å²) in [5.74, 6) is -0.390. The van der Waals surface area contributed by atoms with E-state index in [1.54, 1.807) is 30.3 Å². The van der Waals surface area contributed by atoms with Crippen LogP contribution in [0.5, 0.6) is 0 Å². The van der Waals surface area contributed by atoms with Gasteiger partial charge in [-0.1, -0.05) is 0 Å². The van der Waals surface area contributed by atoms with Gasteiger partial charge >= 0.3 is 0 Å². The van der Waals surface area contributed by atoms with Gasteiger partial charge in [-0.2, -0.15) is 0 Å². The molecule has 1 atom stereocenters. The molecule has 5 nitrogen and oxygen atoms in total. The van der Waals surface area contributed by atoms with Crippen molar-refractivity contribution in [2.45, 2.75) is 13.0 Å². The van der Waals surface area contributed by atoms with Crippen LogP contribution < -0.4 is 11.2 Å². The van der Waals surface area contributed by atoms with Gasteiger partial charge < -0.3 is 11.2 Å². The summed E-state index contributed by atoms with van der Waals surface area (Å²) in [6.45, 7) is 1.68. The molecule has 0 radical (unpaired) electrons. The van der Waals surface area contributed by atoms with E-state index in [1.165, 1.54) is 0 Å². The minimum absolute atomic E-state index is 0.385. The van der Waals surface area contributed by atoms with E-state index in [-0.39, 0.29) is 6.04 Å². The fourth-order valence-electron chi connectivity index (χ4n) is 0.623. The predicted octanol–water partition coefficient (Wildman–Crippen LogP) is -0.700. The van der Waals surface area contributed by atoms with Crippen LogP contribution in [0.15, 0.2) is 18.7 Å². The van der Waals surface area contributed by atoms with Gasteiger partial charge in [-0.05, 0) is 6.92 Å². The molecule has 1 rings (SSSR count). The van der Waals surface area contributed by atoms with Gasteiger partial charge in [-0.25, -0.2) is 4.98 Å². The molecule has 3 N–H and O–H groups in total. The molecule has 1 heterocycles. The van der Waals surface area contributed by atoms with E-state index >= 15 is 0 Å². The minimum Gasteiger partial charge on any atom is -0.368 e. The average Bonchev–Trinajstić information content (AvgIpc) is 2.39. The maximum absolute atomic E-state index is 10.6. The summed E-state index contributed by atoms with van der Waals surface area (Å²) in [5.41, 5.74) is 7.82. The van der Waals surface area contributed by atoms with Crippen molar-refractivity contribution >= 4 is 5.91 Å². The molecule has 0 fully saturated rings. The number of nitrogens with two attached hydrogens (primary N) is 1. The first-order valence-corrected chi connectivity index (χ1v) is 3.24. The zero-order chi connectivity index (χ0) is 8.27. The zero-order valence-corrected chi connectivity index (χ0v) is 6.19. The number of aromatic nitrogens is 2. The number of hydrogen-bond donors (Lipinski definition) is 2. The van der Waals surface area contributed by atoms with E-state index in [0.717, 1.165) is 0 Å². The third-order valence-electron chi connectivity index (χ3n) is 1.27. The van der Waals surface area contributed by atoms with E-state index < -0.39 is 5.91 Å². The molecule has 5 heteroatoms. The van der Waals surface area contributed by atoms with Crippen molar-refractivity contribution in [3.63, 3.8) is 0 Å². The van der Waals surface area contributed by atoms with Gasteiger partial charge in [0.1, 0.15) is 12.4 Å². The molecule has 1 aromatic heterocycles. The Hall–Kier alpha value is -1.52. The van der Waals surface area contributed by atoms with Crippen molar-refractivity contribution in [1.82, 2.24) is 9.66 Å². The van der Waals surface area contributed by atoms with E-state index in [1.807, 2.05) is 0 Å². The molecule has 0 aromatic carbocycles. The molecule has 0 saturated heterocycles. The number of rotatable bonds is 3. The normalized spacial score (nSPS) is 12.5. The second kappa shape index (κ2) is 3.05. The number of nitrogens with zero attached hydrogens (tertiary/aromatic N) is 2. The second-order valence-corrected chi connectivity index (χ2v) is 2.22. The van der Waals surface area contributed by atoms with Gasteiger partial charge in [0.15, 0.2) is 0 Å². The third-order valence-corrected chi connectivity index (χ3v) is 1.27. The van der Waals surface area contributed by atoms with Gasteiger partial charge in [-0.15, -0.1) is 0 Å². The molecule has 0 aliphatic heterocycles. The highest BCUT2D eigenvalue weighted by Crippen LogP contribution is 1.85. The van der Waals surface area contributed by atoms with Gasteiger partial charge in [0, 0.05) is 12.4 Å². The molecule has 0 saturated carbocycles. The van der Waals surface area contributed by atoms with Crippen LogP contribution in [-0.4, -0.2) is 21.6 Å². The molecule has 0 unspecified atom stereocenters. The predicted molar refractivity (Wildman–Crippen MR) is 40.2 cm³/mol. The van der Waals surface area contributed by atoms with Crippen LogP contribution in [-0.2, 0) is 4.79 Å². The number of carbonyl (C=O) groups is 1. The first-order valence-electron chi connectivity index (χ1n) is 3.24. The Morgan fingerprint density at radius 1 is 1.82 bits per heavy atom. The molecule has 11 heavy (non-hydrogen) atoms. The summed E-state index contributed by atoms with van der Waals surface area (Å²) < 4.78 is 1.58. The lowest BCUT2D eigenvalue weighted by Gasteiger charge is -2.10. The molecule has 0 spiro atoms. The summed E-state index contributed by atoms with van der Waals surface area (Å²) in [4.78, 5) is 14.3. The smallest absolute Gasteiger partial charge is 0.241 e. The highest BCUT2D eigenvalue weighted by atomic mass is 16.1. The third kappa shape index (κ3) is 1.96. The molecule has 0 bridgehead atoms. The summed E-state index contributed by atoms with van der Waals surface area (Å²) in [7, 11) is 0. The van der Waals surface area contributed by atoms with Gasteiger partial charge in [0.05, 0.1) is 0 Å². The Morgan fingerprint density at radius 3 is 3.00 bits per heavy atom. The largest absolute Gasteiger partial charge is 0.368 e. The molecule has 0 aliphatic carbocycles. The fraction of sp³-hybridized carbons (Fsp3) is 0.333. The van der Waals surface area contributed by atoms with E-state index in [9.17, 15) is 4.79 Å². The average molecular weight is 154 g/mol. The highest BCUT2D eigenvalue weighted by Gasteiger charge is 2.06. The monoisotopic (exact) mass is 154 g/mol. The van der Waals surface area contributed by atoms with Crippen molar-refractivity contribution in [3.05, 3.63) is 18.7 Å².